The van der Waals surface area contributed by atoms with Gasteiger partial charge in [0.25, 0.3) is 5.56 Å². The number of aromatic nitrogens is 3. The fourth-order valence-corrected chi connectivity index (χ4v) is 4.85. The van der Waals surface area contributed by atoms with E-state index in [0.29, 0.717) is 28.4 Å². The van der Waals surface area contributed by atoms with Crippen molar-refractivity contribution < 1.29 is 13.9 Å². The predicted molar refractivity (Wildman–Crippen MR) is 160 cm³/mol. The van der Waals surface area contributed by atoms with E-state index in [1.165, 1.54) is 4.57 Å². The molecule has 0 spiro atoms. The molecule has 0 N–H and O–H groups in total. The van der Waals surface area contributed by atoms with Crippen molar-refractivity contribution in [2.45, 2.75) is 31.6 Å². The number of benzene rings is 3. The summed E-state index contributed by atoms with van der Waals surface area (Å²) in [6, 6.07) is 26.8. The molecule has 10 nitrogen and oxygen atoms in total. The average molecular weight is 563 g/mol. The Kier molecular flexibility index (Phi) is 8.45. The molecular weight excluding hydrogens is 532 g/mol. The highest BCUT2D eigenvalue weighted by Gasteiger charge is 2.32. The minimum absolute atomic E-state index is 0.0114. The van der Waals surface area contributed by atoms with E-state index < -0.39 is 11.4 Å². The molecule has 0 aliphatic heterocycles. The summed E-state index contributed by atoms with van der Waals surface area (Å²) in [5.41, 5.74) is 11.9. The van der Waals surface area contributed by atoms with Gasteiger partial charge in [0.05, 0.1) is 24.1 Å². The Morgan fingerprint density at radius 3 is 2.38 bits per heavy atom. The lowest BCUT2D eigenvalue weighted by molar-refractivity contribution is -0.144. The molecular formula is C32H30N6O4. The van der Waals surface area contributed by atoms with Crippen LogP contribution < -0.4 is 5.56 Å². The molecule has 1 atom stereocenters. The van der Waals surface area contributed by atoms with Gasteiger partial charge in [-0.3, -0.25) is 9.59 Å². The first-order valence-electron chi connectivity index (χ1n) is 13.6. The van der Waals surface area contributed by atoms with Gasteiger partial charge in [-0.15, -0.1) is 0 Å². The molecule has 2 aromatic heterocycles. The van der Waals surface area contributed by atoms with E-state index >= 15 is 0 Å². The fraction of sp³-hybridized carbons (Fsp3) is 0.250. The first kappa shape index (κ1) is 28.3. The number of ether oxygens (including phenoxy) is 1. The third-order valence-electron chi connectivity index (χ3n) is 7.25. The van der Waals surface area contributed by atoms with Crippen LogP contribution in [-0.4, -0.2) is 33.7 Å². The number of oxazole rings is 1. The van der Waals surface area contributed by atoms with Gasteiger partial charge in [0.1, 0.15) is 11.4 Å². The largest absolute Gasteiger partial charge is 0.466 e. The standard InChI is InChI=1S/C32H30N6O4/c1-32(21-34-37-33,30-31(40)38(2)25-16-10-9-15-24(25)35-30)19-20-41-27(39)18-17-26-36-28(22-11-5-3-6-12-22)29(42-26)23-13-7-4-8-14-23/h3-16H,17-21H2,1-2H3/t32-/m0/s1. The van der Waals surface area contributed by atoms with Gasteiger partial charge < -0.3 is 13.7 Å². The second-order valence-corrected chi connectivity index (χ2v) is 10.3. The number of carbonyl (C=O) groups excluding carboxylic acids is 1. The SMILES string of the molecule is Cn1c(=O)c([C@@](C)(CCOC(=O)CCc2nc(-c3ccccc3)c(-c3ccccc3)o2)CN=[N+]=[N-])nc2ccccc21. The molecule has 5 aromatic rings. The molecule has 0 unspecified atom stereocenters. The molecule has 0 saturated carbocycles. The van der Waals surface area contributed by atoms with Crippen LogP contribution in [-0.2, 0) is 28.4 Å². The molecule has 0 radical (unpaired) electrons. The third-order valence-corrected chi connectivity index (χ3v) is 7.25. The van der Waals surface area contributed by atoms with Gasteiger partial charge in [-0.2, -0.15) is 0 Å². The smallest absolute Gasteiger partial charge is 0.306 e. The molecule has 3 aromatic carbocycles. The number of para-hydroxylation sites is 2. The summed E-state index contributed by atoms with van der Waals surface area (Å²) in [6.45, 7) is 1.80. The van der Waals surface area contributed by atoms with E-state index in [4.69, 9.17) is 19.7 Å². The number of hydrogen-bond acceptors (Lipinski definition) is 7. The summed E-state index contributed by atoms with van der Waals surface area (Å²) < 4.78 is 13.2. The molecule has 0 amide bonds. The van der Waals surface area contributed by atoms with Crippen LogP contribution in [0.15, 0.2) is 99.3 Å². The normalized spacial score (nSPS) is 12.4. The monoisotopic (exact) mass is 562 g/mol. The van der Waals surface area contributed by atoms with Crippen molar-refractivity contribution in [3.05, 3.63) is 117 Å². The number of fused-ring (bicyclic) bond motifs is 1. The van der Waals surface area contributed by atoms with Crippen molar-refractivity contribution in [2.24, 2.45) is 12.2 Å². The maximum absolute atomic E-state index is 13.2. The van der Waals surface area contributed by atoms with E-state index in [-0.39, 0.29) is 43.7 Å². The summed E-state index contributed by atoms with van der Waals surface area (Å²) in [5.74, 6) is 0.645. The van der Waals surface area contributed by atoms with Crippen LogP contribution in [0.2, 0.25) is 0 Å². The summed E-state index contributed by atoms with van der Waals surface area (Å²) in [5, 5.41) is 3.74. The maximum atomic E-state index is 13.2. The van der Waals surface area contributed by atoms with E-state index in [0.717, 1.165) is 11.1 Å². The van der Waals surface area contributed by atoms with Crippen molar-refractivity contribution in [2.75, 3.05) is 13.2 Å². The number of esters is 1. The van der Waals surface area contributed by atoms with Crippen LogP contribution in [0, 0.1) is 0 Å². The quantitative estimate of drug-likeness (QED) is 0.0792. The molecule has 0 bridgehead atoms. The highest BCUT2D eigenvalue weighted by molar-refractivity contribution is 5.77. The summed E-state index contributed by atoms with van der Waals surface area (Å²) in [7, 11) is 1.68. The summed E-state index contributed by atoms with van der Waals surface area (Å²) >= 11 is 0. The minimum Gasteiger partial charge on any atom is -0.466 e. The van der Waals surface area contributed by atoms with Crippen molar-refractivity contribution in [1.29, 1.82) is 0 Å². The van der Waals surface area contributed by atoms with Crippen LogP contribution in [0.5, 0.6) is 0 Å². The average Bonchev–Trinajstić information content (AvgIpc) is 3.46. The van der Waals surface area contributed by atoms with Crippen molar-refractivity contribution in [1.82, 2.24) is 14.5 Å². The highest BCUT2D eigenvalue weighted by atomic mass is 16.5. The van der Waals surface area contributed by atoms with Crippen LogP contribution in [0.4, 0.5) is 0 Å². The fourth-order valence-electron chi connectivity index (χ4n) is 4.85. The number of azide groups is 1. The molecule has 10 heteroatoms. The Hall–Kier alpha value is -5.21. The van der Waals surface area contributed by atoms with E-state index in [1.54, 1.807) is 14.0 Å². The second kappa shape index (κ2) is 12.5. The van der Waals surface area contributed by atoms with Gasteiger partial charge in [0.2, 0.25) is 0 Å². The zero-order valence-electron chi connectivity index (χ0n) is 23.4. The summed E-state index contributed by atoms with van der Waals surface area (Å²) in [4.78, 5) is 38.1. The van der Waals surface area contributed by atoms with Gasteiger partial charge in [-0.05, 0) is 24.1 Å². The Bertz CT molecular complexity index is 1750. The van der Waals surface area contributed by atoms with Gasteiger partial charge in [-0.1, -0.05) is 84.8 Å². The first-order valence-corrected chi connectivity index (χ1v) is 13.6. The van der Waals surface area contributed by atoms with Crippen LogP contribution >= 0.6 is 0 Å². The van der Waals surface area contributed by atoms with Crippen molar-refractivity contribution in [3.8, 4) is 22.6 Å². The molecule has 42 heavy (non-hydrogen) atoms. The highest BCUT2D eigenvalue weighted by Crippen LogP contribution is 2.33. The Morgan fingerprint density at radius 2 is 1.67 bits per heavy atom. The lowest BCUT2D eigenvalue weighted by Gasteiger charge is -2.27. The number of hydrogen-bond donors (Lipinski definition) is 0. The van der Waals surface area contributed by atoms with E-state index in [2.05, 4.69) is 15.0 Å². The van der Waals surface area contributed by atoms with E-state index in [1.807, 2.05) is 84.9 Å². The zero-order valence-corrected chi connectivity index (χ0v) is 23.4. The molecule has 2 heterocycles. The Balaban J connectivity index is 1.28. The molecule has 0 saturated heterocycles. The van der Waals surface area contributed by atoms with Crippen LogP contribution in [0.3, 0.4) is 0 Å². The minimum atomic E-state index is -0.941. The molecule has 0 aliphatic carbocycles. The van der Waals surface area contributed by atoms with Crippen molar-refractivity contribution >= 4 is 17.0 Å². The first-order chi connectivity index (χ1) is 20.4. The van der Waals surface area contributed by atoms with Crippen LogP contribution in [0.1, 0.15) is 31.4 Å². The predicted octanol–water partition coefficient (Wildman–Crippen LogP) is 6.39. The topological polar surface area (TPSA) is 136 Å². The molecule has 5 rings (SSSR count). The number of carbonyl (C=O) groups is 1. The van der Waals surface area contributed by atoms with Gasteiger partial charge in [0.15, 0.2) is 11.7 Å². The number of aryl methyl sites for hydroxylation is 2. The Morgan fingerprint density at radius 1 is 1.00 bits per heavy atom. The van der Waals surface area contributed by atoms with Crippen LogP contribution in [0.25, 0.3) is 44.1 Å². The number of nitrogens with zero attached hydrogens (tertiary/aromatic N) is 6. The van der Waals surface area contributed by atoms with Gasteiger partial charge in [0, 0.05) is 41.5 Å². The van der Waals surface area contributed by atoms with E-state index in [9.17, 15) is 9.59 Å². The maximum Gasteiger partial charge on any atom is 0.306 e. The number of rotatable bonds is 11. The Labute approximate surface area is 242 Å². The lowest BCUT2D eigenvalue weighted by Crippen LogP contribution is -2.38. The van der Waals surface area contributed by atoms with Crippen molar-refractivity contribution in [3.63, 3.8) is 0 Å². The molecule has 0 fully saturated rings. The molecule has 212 valence electrons. The summed E-state index contributed by atoms with van der Waals surface area (Å²) in [6.07, 6.45) is 0.563. The van der Waals surface area contributed by atoms with Gasteiger partial charge in [-0.25, -0.2) is 9.97 Å². The molecule has 0 aliphatic rings. The third kappa shape index (κ3) is 6.09. The second-order valence-electron chi connectivity index (χ2n) is 10.3. The van der Waals surface area contributed by atoms with Gasteiger partial charge >= 0.3 is 5.97 Å². The lowest BCUT2D eigenvalue weighted by atomic mass is 9.83. The zero-order chi connectivity index (χ0) is 29.5.